The number of hydrogen-bond donors (Lipinski definition) is 3. The van der Waals surface area contributed by atoms with E-state index in [0.29, 0.717) is 0 Å². The van der Waals surface area contributed by atoms with Crippen LogP contribution in [0.3, 0.4) is 0 Å². The molecule has 0 aromatic rings. The highest BCUT2D eigenvalue weighted by molar-refractivity contribution is 9.09. The van der Waals surface area contributed by atoms with Gasteiger partial charge in [0.05, 0.1) is 0 Å². The van der Waals surface area contributed by atoms with E-state index in [1.807, 2.05) is 0 Å². The van der Waals surface area contributed by atoms with E-state index in [1.54, 1.807) is 0 Å². The Balaban J connectivity index is 2.65. The third kappa shape index (κ3) is 8.36. The van der Waals surface area contributed by atoms with Crippen molar-refractivity contribution in [3.05, 3.63) is 0 Å². The van der Waals surface area contributed by atoms with Crippen molar-refractivity contribution in [2.45, 2.75) is 0 Å². The number of rotatable bonds is 7. The fourth-order valence-corrected chi connectivity index (χ4v) is 0.876. The van der Waals surface area contributed by atoms with Gasteiger partial charge in [-0.1, -0.05) is 15.9 Å². The van der Waals surface area contributed by atoms with Crippen LogP contribution in [0.5, 0.6) is 0 Å². The lowest BCUT2D eigenvalue weighted by molar-refractivity contribution is 0.631. The van der Waals surface area contributed by atoms with Crippen LogP contribution in [0.25, 0.3) is 0 Å². The lowest BCUT2D eigenvalue weighted by Crippen LogP contribution is -2.31. The normalized spacial score (nSPS) is 10.2. The van der Waals surface area contributed by atoms with E-state index in [0.717, 1.165) is 38.1 Å². The standard InChI is InChI=1S/C6H16BrN3/c7-1-3-9-5-6-10-4-2-8/h9-10H,1-6,8H2. The van der Waals surface area contributed by atoms with Crippen molar-refractivity contribution >= 4 is 15.9 Å². The largest absolute Gasteiger partial charge is 0.329 e. The van der Waals surface area contributed by atoms with Gasteiger partial charge in [0, 0.05) is 38.1 Å². The van der Waals surface area contributed by atoms with Gasteiger partial charge in [0.15, 0.2) is 0 Å². The molecule has 0 amide bonds. The lowest BCUT2D eigenvalue weighted by Gasteiger charge is -2.02. The lowest BCUT2D eigenvalue weighted by atomic mass is 10.5. The maximum Gasteiger partial charge on any atom is 0.0157 e. The fraction of sp³-hybridized carbons (Fsp3) is 1.00. The summed E-state index contributed by atoms with van der Waals surface area (Å²) in [7, 11) is 0. The van der Waals surface area contributed by atoms with Crippen molar-refractivity contribution in [2.75, 3.05) is 38.1 Å². The molecule has 0 bridgehead atoms. The predicted octanol–water partition coefficient (Wildman–Crippen LogP) is -0.481. The van der Waals surface area contributed by atoms with Crippen molar-refractivity contribution < 1.29 is 0 Å². The van der Waals surface area contributed by atoms with Gasteiger partial charge in [-0.2, -0.15) is 0 Å². The molecule has 0 rings (SSSR count). The van der Waals surface area contributed by atoms with Crippen LogP contribution in [0, 0.1) is 0 Å². The molecule has 62 valence electrons. The van der Waals surface area contributed by atoms with Crippen LogP contribution in [0.2, 0.25) is 0 Å². The van der Waals surface area contributed by atoms with Gasteiger partial charge in [-0.25, -0.2) is 0 Å². The van der Waals surface area contributed by atoms with Crippen molar-refractivity contribution in [2.24, 2.45) is 5.73 Å². The number of hydrogen-bond acceptors (Lipinski definition) is 3. The molecule has 0 heterocycles. The summed E-state index contributed by atoms with van der Waals surface area (Å²) in [4.78, 5) is 0. The van der Waals surface area contributed by atoms with Crippen LogP contribution >= 0.6 is 15.9 Å². The summed E-state index contributed by atoms with van der Waals surface area (Å²) in [6.45, 7) is 4.69. The van der Waals surface area contributed by atoms with Gasteiger partial charge in [0.2, 0.25) is 0 Å². The van der Waals surface area contributed by atoms with Gasteiger partial charge in [-0.05, 0) is 0 Å². The van der Waals surface area contributed by atoms with Crippen LogP contribution < -0.4 is 16.4 Å². The summed E-state index contributed by atoms with van der Waals surface area (Å²) in [6.07, 6.45) is 0. The quantitative estimate of drug-likeness (QED) is 0.393. The number of nitrogens with one attached hydrogen (secondary N) is 2. The Kier molecular flexibility index (Phi) is 9.70. The van der Waals surface area contributed by atoms with E-state index in [4.69, 9.17) is 5.73 Å². The monoisotopic (exact) mass is 209 g/mol. The molecule has 0 radical (unpaired) electrons. The molecule has 4 N–H and O–H groups in total. The summed E-state index contributed by atoms with van der Waals surface area (Å²) in [5.41, 5.74) is 5.28. The number of halogens is 1. The Labute approximate surface area is 70.9 Å². The van der Waals surface area contributed by atoms with Crippen LogP contribution in [0.15, 0.2) is 0 Å². The zero-order chi connectivity index (χ0) is 7.66. The van der Waals surface area contributed by atoms with Gasteiger partial charge < -0.3 is 16.4 Å². The van der Waals surface area contributed by atoms with E-state index >= 15 is 0 Å². The average Bonchev–Trinajstić information content (AvgIpc) is 1.97. The van der Waals surface area contributed by atoms with Gasteiger partial charge in [-0.3, -0.25) is 0 Å². The van der Waals surface area contributed by atoms with E-state index in [9.17, 15) is 0 Å². The van der Waals surface area contributed by atoms with Gasteiger partial charge >= 0.3 is 0 Å². The third-order valence-electron chi connectivity index (χ3n) is 1.07. The third-order valence-corrected chi connectivity index (χ3v) is 1.47. The molecule has 0 aromatic carbocycles. The first-order chi connectivity index (χ1) is 4.91. The van der Waals surface area contributed by atoms with Crippen molar-refractivity contribution in [3.63, 3.8) is 0 Å². The molecular formula is C6H16BrN3. The van der Waals surface area contributed by atoms with E-state index in [-0.39, 0.29) is 0 Å². The average molecular weight is 210 g/mol. The summed E-state index contributed by atoms with van der Waals surface area (Å²) in [5.74, 6) is 0. The maximum atomic E-state index is 5.28. The predicted molar refractivity (Wildman–Crippen MR) is 48.6 cm³/mol. The zero-order valence-electron chi connectivity index (χ0n) is 6.20. The molecule has 0 aliphatic rings. The zero-order valence-corrected chi connectivity index (χ0v) is 7.78. The highest BCUT2D eigenvalue weighted by atomic mass is 79.9. The first-order valence-electron chi connectivity index (χ1n) is 3.59. The fourth-order valence-electron chi connectivity index (χ4n) is 0.596. The Bertz CT molecular complexity index is 53.0. The maximum absolute atomic E-state index is 5.28. The van der Waals surface area contributed by atoms with Crippen LogP contribution in [-0.4, -0.2) is 38.1 Å². The Morgan fingerprint density at radius 2 is 1.60 bits per heavy atom. The summed E-state index contributed by atoms with van der Waals surface area (Å²) in [6, 6.07) is 0. The second-order valence-corrected chi connectivity index (χ2v) is 2.77. The topological polar surface area (TPSA) is 50.1 Å². The highest BCUT2D eigenvalue weighted by Crippen LogP contribution is 1.72. The molecule has 4 heteroatoms. The van der Waals surface area contributed by atoms with Crippen LogP contribution in [0.1, 0.15) is 0 Å². The second-order valence-electron chi connectivity index (χ2n) is 1.98. The molecule has 0 aliphatic heterocycles. The minimum atomic E-state index is 0.721. The molecular weight excluding hydrogens is 194 g/mol. The van der Waals surface area contributed by atoms with Gasteiger partial charge in [-0.15, -0.1) is 0 Å². The summed E-state index contributed by atoms with van der Waals surface area (Å²) in [5, 5.41) is 7.45. The van der Waals surface area contributed by atoms with Gasteiger partial charge in [0.1, 0.15) is 0 Å². The molecule has 10 heavy (non-hydrogen) atoms. The first kappa shape index (κ1) is 10.4. The highest BCUT2D eigenvalue weighted by Gasteiger charge is 1.84. The van der Waals surface area contributed by atoms with E-state index < -0.39 is 0 Å². The molecule has 0 spiro atoms. The summed E-state index contributed by atoms with van der Waals surface area (Å²) >= 11 is 3.33. The Hall–Kier alpha value is 0.360. The van der Waals surface area contributed by atoms with Crippen molar-refractivity contribution in [1.29, 1.82) is 0 Å². The minimum absolute atomic E-state index is 0.721. The van der Waals surface area contributed by atoms with E-state index in [1.165, 1.54) is 0 Å². The Morgan fingerprint density at radius 1 is 1.00 bits per heavy atom. The van der Waals surface area contributed by atoms with Crippen LogP contribution in [-0.2, 0) is 0 Å². The molecule has 0 aromatic heterocycles. The molecule has 0 fully saturated rings. The first-order valence-corrected chi connectivity index (χ1v) is 4.71. The number of alkyl halides is 1. The molecule has 0 saturated heterocycles. The molecule has 0 aliphatic carbocycles. The summed E-state index contributed by atoms with van der Waals surface area (Å²) < 4.78 is 0. The van der Waals surface area contributed by atoms with Crippen LogP contribution in [0.4, 0.5) is 0 Å². The smallest absolute Gasteiger partial charge is 0.0157 e. The Morgan fingerprint density at radius 3 is 2.10 bits per heavy atom. The molecule has 0 atom stereocenters. The van der Waals surface area contributed by atoms with Crippen molar-refractivity contribution in [1.82, 2.24) is 10.6 Å². The number of nitrogens with two attached hydrogens (primary N) is 1. The molecule has 0 unspecified atom stereocenters. The van der Waals surface area contributed by atoms with Gasteiger partial charge in [0.25, 0.3) is 0 Å². The van der Waals surface area contributed by atoms with Crippen molar-refractivity contribution in [3.8, 4) is 0 Å². The minimum Gasteiger partial charge on any atom is -0.329 e. The molecule has 3 nitrogen and oxygen atoms in total. The van der Waals surface area contributed by atoms with E-state index in [2.05, 4.69) is 26.6 Å². The second kappa shape index (κ2) is 9.36. The SMILES string of the molecule is NCCNCCNCCBr. The molecule has 0 saturated carbocycles.